The number of carbonyl (C=O) groups excluding carboxylic acids is 1. The maximum absolute atomic E-state index is 12.2. The molecule has 21 heavy (non-hydrogen) atoms. The summed E-state index contributed by atoms with van der Waals surface area (Å²) in [5.41, 5.74) is 7.48. The zero-order valence-corrected chi connectivity index (χ0v) is 13.0. The lowest BCUT2D eigenvalue weighted by Gasteiger charge is -2.15. The van der Waals surface area contributed by atoms with Crippen LogP contribution in [0.1, 0.15) is 16.5 Å². The van der Waals surface area contributed by atoms with E-state index in [1.165, 1.54) is 11.3 Å². The van der Waals surface area contributed by atoms with Gasteiger partial charge < -0.3 is 20.5 Å². The van der Waals surface area contributed by atoms with Gasteiger partial charge in [-0.25, -0.2) is 0 Å². The Hall–Kier alpha value is -2.05. The molecule has 0 aliphatic rings. The second kappa shape index (κ2) is 6.60. The minimum atomic E-state index is -0.683. The van der Waals surface area contributed by atoms with Crippen LogP contribution in [0.3, 0.4) is 0 Å². The van der Waals surface area contributed by atoms with Crippen molar-refractivity contribution in [3.8, 4) is 11.5 Å². The highest BCUT2D eigenvalue weighted by Crippen LogP contribution is 2.33. The normalized spacial score (nSPS) is 11.8. The van der Waals surface area contributed by atoms with Gasteiger partial charge in [-0.2, -0.15) is 0 Å². The lowest BCUT2D eigenvalue weighted by atomic mass is 10.1. The van der Waals surface area contributed by atoms with Crippen LogP contribution >= 0.6 is 11.3 Å². The van der Waals surface area contributed by atoms with E-state index in [0.29, 0.717) is 17.2 Å². The molecule has 0 radical (unpaired) electrons. The number of hydrogen-bond acceptors (Lipinski definition) is 5. The molecule has 2 rings (SSSR count). The van der Waals surface area contributed by atoms with Crippen molar-refractivity contribution in [3.63, 3.8) is 0 Å². The van der Waals surface area contributed by atoms with E-state index in [2.05, 4.69) is 5.32 Å². The average molecular weight is 306 g/mol. The Bertz CT molecular complexity index is 626. The molecule has 1 aromatic carbocycles. The summed E-state index contributed by atoms with van der Waals surface area (Å²) in [4.78, 5) is 13.0. The van der Waals surface area contributed by atoms with E-state index in [9.17, 15) is 4.79 Å². The van der Waals surface area contributed by atoms with E-state index in [4.69, 9.17) is 15.2 Å². The smallest absolute Gasteiger partial charge is 0.246 e. The van der Waals surface area contributed by atoms with Gasteiger partial charge in [-0.05, 0) is 30.0 Å². The summed E-state index contributed by atoms with van der Waals surface area (Å²) < 4.78 is 10.5. The molecule has 0 aliphatic heterocycles. The standard InChI is InChI=1S/C15H18N2O3S/c1-9-7-11(19-2)12(20-3)8-10(9)17-15(18)14(16)13-5-4-6-21-13/h4-8,14H,16H2,1-3H3,(H,17,18). The number of benzene rings is 1. The monoisotopic (exact) mass is 306 g/mol. The van der Waals surface area contributed by atoms with Gasteiger partial charge in [0.05, 0.1) is 14.2 Å². The number of amides is 1. The molecule has 1 heterocycles. The Labute approximate surface area is 127 Å². The Kier molecular flexibility index (Phi) is 4.82. The van der Waals surface area contributed by atoms with Gasteiger partial charge in [0, 0.05) is 16.6 Å². The average Bonchev–Trinajstić information content (AvgIpc) is 3.02. The van der Waals surface area contributed by atoms with Crippen molar-refractivity contribution in [2.75, 3.05) is 19.5 Å². The third-order valence-electron chi connectivity index (χ3n) is 3.12. The van der Waals surface area contributed by atoms with Gasteiger partial charge in [0.15, 0.2) is 11.5 Å². The molecule has 1 aromatic heterocycles. The molecule has 1 unspecified atom stereocenters. The molecule has 0 spiro atoms. The van der Waals surface area contributed by atoms with Crippen molar-refractivity contribution < 1.29 is 14.3 Å². The van der Waals surface area contributed by atoms with Crippen molar-refractivity contribution in [2.45, 2.75) is 13.0 Å². The number of methoxy groups -OCH3 is 2. The molecule has 2 aromatic rings. The number of thiophene rings is 1. The Balaban J connectivity index is 2.21. The van der Waals surface area contributed by atoms with Gasteiger partial charge in [0.2, 0.25) is 5.91 Å². The van der Waals surface area contributed by atoms with E-state index >= 15 is 0 Å². The van der Waals surface area contributed by atoms with Gasteiger partial charge >= 0.3 is 0 Å². The summed E-state index contributed by atoms with van der Waals surface area (Å²) in [6, 6.07) is 6.57. The predicted molar refractivity (Wildman–Crippen MR) is 84.2 cm³/mol. The second-order valence-corrected chi connectivity index (χ2v) is 5.48. The lowest BCUT2D eigenvalue weighted by Crippen LogP contribution is -2.27. The van der Waals surface area contributed by atoms with Crippen LogP contribution in [-0.4, -0.2) is 20.1 Å². The molecule has 1 atom stereocenters. The number of rotatable bonds is 5. The molecular weight excluding hydrogens is 288 g/mol. The minimum absolute atomic E-state index is 0.257. The topological polar surface area (TPSA) is 73.6 Å². The van der Waals surface area contributed by atoms with E-state index in [0.717, 1.165) is 10.4 Å². The summed E-state index contributed by atoms with van der Waals surface area (Å²) in [7, 11) is 3.12. The molecule has 3 N–H and O–H groups in total. The van der Waals surface area contributed by atoms with Gasteiger partial charge in [0.1, 0.15) is 6.04 Å². The fraction of sp³-hybridized carbons (Fsp3) is 0.267. The molecule has 112 valence electrons. The third-order valence-corrected chi connectivity index (χ3v) is 4.08. The van der Waals surface area contributed by atoms with Crippen LogP contribution in [0.4, 0.5) is 5.69 Å². The quantitative estimate of drug-likeness (QED) is 0.891. The van der Waals surface area contributed by atoms with Gasteiger partial charge in [0.25, 0.3) is 0 Å². The van der Waals surface area contributed by atoms with Crippen LogP contribution in [-0.2, 0) is 4.79 Å². The molecule has 6 heteroatoms. The molecule has 0 saturated heterocycles. The first-order valence-electron chi connectivity index (χ1n) is 6.39. The Morgan fingerprint density at radius 3 is 2.52 bits per heavy atom. The number of nitrogens with two attached hydrogens (primary N) is 1. The number of ether oxygens (including phenoxy) is 2. The van der Waals surface area contributed by atoms with E-state index in [1.807, 2.05) is 30.5 Å². The van der Waals surface area contributed by atoms with E-state index in [1.54, 1.807) is 20.3 Å². The van der Waals surface area contributed by atoms with Crippen LogP contribution < -0.4 is 20.5 Å². The predicted octanol–water partition coefficient (Wildman–Crippen LogP) is 2.71. The first-order chi connectivity index (χ1) is 10.1. The Morgan fingerprint density at radius 2 is 1.95 bits per heavy atom. The summed E-state index contributed by atoms with van der Waals surface area (Å²) in [6.07, 6.45) is 0. The SMILES string of the molecule is COc1cc(C)c(NC(=O)C(N)c2cccs2)cc1OC. The van der Waals surface area contributed by atoms with E-state index in [-0.39, 0.29) is 5.91 Å². The minimum Gasteiger partial charge on any atom is -0.493 e. The molecular formula is C15H18N2O3S. The molecule has 5 nitrogen and oxygen atoms in total. The van der Waals surface area contributed by atoms with E-state index < -0.39 is 6.04 Å². The summed E-state index contributed by atoms with van der Waals surface area (Å²) in [6.45, 7) is 1.88. The van der Waals surface area contributed by atoms with Crippen molar-refractivity contribution in [1.29, 1.82) is 0 Å². The second-order valence-electron chi connectivity index (χ2n) is 4.50. The highest BCUT2D eigenvalue weighted by Gasteiger charge is 2.18. The van der Waals surface area contributed by atoms with Crippen molar-refractivity contribution in [1.82, 2.24) is 0 Å². The van der Waals surface area contributed by atoms with Crippen molar-refractivity contribution in [3.05, 3.63) is 40.1 Å². The lowest BCUT2D eigenvalue weighted by molar-refractivity contribution is -0.117. The largest absolute Gasteiger partial charge is 0.493 e. The number of anilines is 1. The van der Waals surface area contributed by atoms with Crippen LogP contribution in [0.15, 0.2) is 29.6 Å². The van der Waals surface area contributed by atoms with Gasteiger partial charge in [-0.3, -0.25) is 4.79 Å². The van der Waals surface area contributed by atoms with Crippen molar-refractivity contribution in [2.24, 2.45) is 5.73 Å². The maximum atomic E-state index is 12.2. The van der Waals surface area contributed by atoms with Crippen molar-refractivity contribution >= 4 is 22.9 Å². The van der Waals surface area contributed by atoms with Crippen LogP contribution in [0.25, 0.3) is 0 Å². The highest BCUT2D eigenvalue weighted by atomic mass is 32.1. The number of hydrogen-bond donors (Lipinski definition) is 2. The maximum Gasteiger partial charge on any atom is 0.246 e. The zero-order valence-electron chi connectivity index (χ0n) is 12.2. The fourth-order valence-corrected chi connectivity index (χ4v) is 2.65. The molecule has 0 bridgehead atoms. The van der Waals surface area contributed by atoms with Gasteiger partial charge in [-0.15, -0.1) is 11.3 Å². The Morgan fingerprint density at radius 1 is 1.29 bits per heavy atom. The number of aryl methyl sites for hydroxylation is 1. The summed E-state index contributed by atoms with van der Waals surface area (Å²) in [5.74, 6) is 0.923. The first kappa shape index (κ1) is 15.3. The van der Waals surface area contributed by atoms with Crippen LogP contribution in [0, 0.1) is 6.92 Å². The first-order valence-corrected chi connectivity index (χ1v) is 7.27. The molecule has 1 amide bonds. The molecule has 0 saturated carbocycles. The van der Waals surface area contributed by atoms with Crippen LogP contribution in [0.2, 0.25) is 0 Å². The zero-order chi connectivity index (χ0) is 15.4. The summed E-state index contributed by atoms with van der Waals surface area (Å²) >= 11 is 1.46. The molecule has 0 fully saturated rings. The van der Waals surface area contributed by atoms with Gasteiger partial charge in [-0.1, -0.05) is 6.07 Å². The number of carbonyl (C=O) groups is 1. The number of nitrogens with one attached hydrogen (secondary N) is 1. The molecule has 0 aliphatic carbocycles. The summed E-state index contributed by atoms with van der Waals surface area (Å²) in [5, 5.41) is 4.72. The third kappa shape index (κ3) is 3.34. The van der Waals surface area contributed by atoms with Crippen LogP contribution in [0.5, 0.6) is 11.5 Å². The highest BCUT2D eigenvalue weighted by molar-refractivity contribution is 7.10. The fourth-order valence-electron chi connectivity index (χ4n) is 1.92.